The van der Waals surface area contributed by atoms with Gasteiger partial charge in [0.1, 0.15) is 23.4 Å². The molecule has 0 aromatic heterocycles. The number of hydrogen-bond donors (Lipinski definition) is 4. The minimum Gasteiger partial charge on any atom is -0.508 e. The Morgan fingerprint density at radius 1 is 0.976 bits per heavy atom. The standard InChI is InChI=1S/C31H44N4O6/c1-19(2)12-13-21(4)35(29(39)25(18-26(32)37)34-30(40)41-31(5,6)7)27(22-14-16-23(36)17-15-22)28(38)33-24-11-9-8-10-20(24)3/h8-11,14-17,19,21,25,27,36H,12-13,18H2,1-7H3,(H2,32,37)(H,33,38)(H,34,40). The van der Waals surface area contributed by atoms with Crippen LogP contribution in [-0.4, -0.2) is 51.5 Å². The summed E-state index contributed by atoms with van der Waals surface area (Å²) >= 11 is 0. The molecule has 5 N–H and O–H groups in total. The van der Waals surface area contributed by atoms with Crippen LogP contribution in [0.1, 0.15) is 78.0 Å². The van der Waals surface area contributed by atoms with E-state index in [1.54, 1.807) is 45.0 Å². The SMILES string of the molecule is Cc1ccccc1NC(=O)C(c1ccc(O)cc1)N(C(=O)C(CC(N)=O)NC(=O)OC(C)(C)C)C(C)CCC(C)C. The molecule has 10 heteroatoms. The number of hydrogen-bond acceptors (Lipinski definition) is 6. The number of rotatable bonds is 12. The summed E-state index contributed by atoms with van der Waals surface area (Å²) in [5.41, 5.74) is 6.47. The molecule has 2 rings (SSSR count). The number of alkyl carbamates (subject to hydrolysis) is 1. The van der Waals surface area contributed by atoms with E-state index in [9.17, 15) is 24.3 Å². The molecule has 0 radical (unpaired) electrons. The molecule has 2 aromatic carbocycles. The fraction of sp³-hybridized carbons (Fsp3) is 0.484. The van der Waals surface area contributed by atoms with Gasteiger partial charge < -0.3 is 31.1 Å². The normalized spacial score (nSPS) is 13.6. The molecule has 3 atom stereocenters. The van der Waals surface area contributed by atoms with E-state index in [2.05, 4.69) is 24.5 Å². The number of aromatic hydroxyl groups is 1. The highest BCUT2D eigenvalue weighted by Gasteiger charge is 2.39. The Balaban J connectivity index is 2.63. The first-order chi connectivity index (χ1) is 19.1. The summed E-state index contributed by atoms with van der Waals surface area (Å²) < 4.78 is 5.34. The third kappa shape index (κ3) is 10.4. The van der Waals surface area contributed by atoms with Crippen molar-refractivity contribution in [2.24, 2.45) is 11.7 Å². The molecular formula is C31H44N4O6. The van der Waals surface area contributed by atoms with Crippen molar-refractivity contribution in [3.63, 3.8) is 0 Å². The van der Waals surface area contributed by atoms with E-state index in [1.807, 2.05) is 26.0 Å². The lowest BCUT2D eigenvalue weighted by Gasteiger charge is -2.38. The highest BCUT2D eigenvalue weighted by atomic mass is 16.6. The Kier molecular flexibility index (Phi) is 11.7. The van der Waals surface area contributed by atoms with E-state index in [0.717, 1.165) is 12.0 Å². The Hall–Kier alpha value is -4.08. The molecule has 0 saturated heterocycles. The number of aryl methyl sites for hydroxylation is 1. The first kappa shape index (κ1) is 33.1. The van der Waals surface area contributed by atoms with Gasteiger partial charge in [0, 0.05) is 11.7 Å². The van der Waals surface area contributed by atoms with Gasteiger partial charge in [0.25, 0.3) is 5.91 Å². The van der Waals surface area contributed by atoms with Gasteiger partial charge in [0.05, 0.1) is 6.42 Å². The van der Waals surface area contributed by atoms with Gasteiger partial charge in [-0.2, -0.15) is 0 Å². The van der Waals surface area contributed by atoms with Crippen LogP contribution in [0.3, 0.4) is 0 Å². The Morgan fingerprint density at radius 2 is 1.59 bits per heavy atom. The monoisotopic (exact) mass is 568 g/mol. The van der Waals surface area contributed by atoms with E-state index < -0.39 is 54.0 Å². The minimum atomic E-state index is -1.38. The number of para-hydroxylation sites is 1. The summed E-state index contributed by atoms with van der Waals surface area (Å²) in [5, 5.41) is 15.4. The van der Waals surface area contributed by atoms with Crippen LogP contribution in [0.5, 0.6) is 5.75 Å². The second-order valence-electron chi connectivity index (χ2n) is 11.7. The third-order valence-electron chi connectivity index (χ3n) is 6.42. The van der Waals surface area contributed by atoms with Crippen molar-refractivity contribution in [1.82, 2.24) is 10.2 Å². The average molecular weight is 569 g/mol. The predicted octanol–water partition coefficient (Wildman–Crippen LogP) is 4.80. The number of phenolic OH excluding ortho intramolecular Hbond substituents is 1. The fourth-order valence-electron chi connectivity index (χ4n) is 4.35. The zero-order valence-electron chi connectivity index (χ0n) is 25.1. The zero-order chi connectivity index (χ0) is 30.9. The first-order valence-electron chi connectivity index (χ1n) is 13.8. The molecule has 0 fully saturated rings. The Labute approximate surface area is 242 Å². The molecule has 0 aliphatic heterocycles. The summed E-state index contributed by atoms with van der Waals surface area (Å²) in [6.07, 6.45) is -0.0806. The maximum absolute atomic E-state index is 14.3. The second-order valence-corrected chi connectivity index (χ2v) is 11.7. The Bertz CT molecular complexity index is 1210. The van der Waals surface area contributed by atoms with Crippen molar-refractivity contribution in [1.29, 1.82) is 0 Å². The van der Waals surface area contributed by atoms with Crippen molar-refractivity contribution in [2.75, 3.05) is 5.32 Å². The van der Waals surface area contributed by atoms with Crippen LogP contribution in [0.2, 0.25) is 0 Å². The molecule has 3 unspecified atom stereocenters. The maximum atomic E-state index is 14.3. The highest BCUT2D eigenvalue weighted by Crippen LogP contribution is 2.30. The van der Waals surface area contributed by atoms with Crippen LogP contribution in [0.25, 0.3) is 0 Å². The van der Waals surface area contributed by atoms with Crippen molar-refractivity contribution in [3.8, 4) is 5.75 Å². The van der Waals surface area contributed by atoms with E-state index in [0.29, 0.717) is 23.6 Å². The number of carbonyl (C=O) groups is 4. The molecule has 0 saturated carbocycles. The molecule has 0 spiro atoms. The molecule has 224 valence electrons. The fourth-order valence-corrected chi connectivity index (χ4v) is 4.35. The van der Waals surface area contributed by atoms with Gasteiger partial charge in [-0.3, -0.25) is 14.4 Å². The van der Waals surface area contributed by atoms with Gasteiger partial charge in [-0.1, -0.05) is 44.2 Å². The quantitative estimate of drug-likeness (QED) is 0.289. The van der Waals surface area contributed by atoms with Crippen molar-refractivity contribution < 1.29 is 29.0 Å². The molecule has 10 nitrogen and oxygen atoms in total. The molecule has 0 bridgehead atoms. The number of nitrogens with one attached hydrogen (secondary N) is 2. The van der Waals surface area contributed by atoms with Crippen LogP contribution in [0.4, 0.5) is 10.5 Å². The van der Waals surface area contributed by atoms with Gasteiger partial charge in [-0.05, 0) is 82.7 Å². The van der Waals surface area contributed by atoms with Crippen molar-refractivity contribution >= 4 is 29.5 Å². The van der Waals surface area contributed by atoms with Gasteiger partial charge in [-0.15, -0.1) is 0 Å². The van der Waals surface area contributed by atoms with Gasteiger partial charge in [-0.25, -0.2) is 4.79 Å². The third-order valence-corrected chi connectivity index (χ3v) is 6.42. The van der Waals surface area contributed by atoms with Gasteiger partial charge >= 0.3 is 6.09 Å². The van der Waals surface area contributed by atoms with Crippen LogP contribution < -0.4 is 16.4 Å². The first-order valence-corrected chi connectivity index (χ1v) is 13.8. The lowest BCUT2D eigenvalue weighted by atomic mass is 9.96. The summed E-state index contributed by atoms with van der Waals surface area (Å²) in [6.45, 7) is 12.8. The summed E-state index contributed by atoms with van der Waals surface area (Å²) in [5.74, 6) is -1.65. The number of phenols is 1. The lowest BCUT2D eigenvalue weighted by Crippen LogP contribution is -2.55. The van der Waals surface area contributed by atoms with E-state index in [-0.39, 0.29) is 5.75 Å². The summed E-state index contributed by atoms with van der Waals surface area (Å²) in [6, 6.07) is 10.2. The number of carbonyl (C=O) groups excluding carboxylic acids is 4. The van der Waals surface area contributed by atoms with Gasteiger partial charge in [0.15, 0.2) is 0 Å². The lowest BCUT2D eigenvalue weighted by molar-refractivity contribution is -0.144. The van der Waals surface area contributed by atoms with E-state index in [4.69, 9.17) is 10.5 Å². The topological polar surface area (TPSA) is 151 Å². The van der Waals surface area contributed by atoms with Crippen molar-refractivity contribution in [3.05, 3.63) is 59.7 Å². The van der Waals surface area contributed by atoms with Crippen LogP contribution in [0.15, 0.2) is 48.5 Å². The molecule has 4 amide bonds. The highest BCUT2D eigenvalue weighted by molar-refractivity contribution is 6.00. The number of amides is 4. The second kappa shape index (κ2) is 14.5. The molecular weight excluding hydrogens is 524 g/mol. The zero-order valence-corrected chi connectivity index (χ0v) is 25.1. The largest absolute Gasteiger partial charge is 0.508 e. The van der Waals surface area contributed by atoms with E-state index in [1.165, 1.54) is 17.0 Å². The predicted molar refractivity (Wildman–Crippen MR) is 158 cm³/mol. The number of nitrogens with two attached hydrogens (primary N) is 1. The number of nitrogens with zero attached hydrogens (tertiary/aromatic N) is 1. The molecule has 0 aliphatic rings. The minimum absolute atomic E-state index is 0.00394. The van der Waals surface area contributed by atoms with E-state index >= 15 is 0 Å². The summed E-state index contributed by atoms with van der Waals surface area (Å²) in [4.78, 5) is 54.4. The molecule has 0 aliphatic carbocycles. The van der Waals surface area contributed by atoms with Crippen LogP contribution in [0, 0.1) is 12.8 Å². The number of anilines is 1. The van der Waals surface area contributed by atoms with Crippen LogP contribution >= 0.6 is 0 Å². The molecule has 41 heavy (non-hydrogen) atoms. The average Bonchev–Trinajstić information content (AvgIpc) is 2.85. The smallest absolute Gasteiger partial charge is 0.408 e. The Morgan fingerprint density at radius 3 is 2.12 bits per heavy atom. The number of ether oxygens (including phenoxy) is 1. The number of primary amides is 1. The van der Waals surface area contributed by atoms with Crippen molar-refractivity contribution in [2.45, 2.75) is 91.5 Å². The van der Waals surface area contributed by atoms with Crippen LogP contribution in [-0.2, 0) is 19.1 Å². The molecule has 2 aromatic rings. The maximum Gasteiger partial charge on any atom is 0.408 e. The summed E-state index contributed by atoms with van der Waals surface area (Å²) in [7, 11) is 0. The molecule has 0 heterocycles. The van der Waals surface area contributed by atoms with Gasteiger partial charge in [0.2, 0.25) is 11.8 Å². The number of benzene rings is 2.